The van der Waals surface area contributed by atoms with Gasteiger partial charge in [0.05, 0.1) is 32.9 Å². The third-order valence-electron chi connectivity index (χ3n) is 5.28. The number of oxazole rings is 1. The molecule has 0 aliphatic heterocycles. The van der Waals surface area contributed by atoms with Crippen molar-refractivity contribution in [3.05, 3.63) is 77.0 Å². The second kappa shape index (κ2) is 12.4. The third-order valence-corrected chi connectivity index (χ3v) is 5.28. The number of carbonyl (C=O) groups is 1. The fraction of sp³-hybridized carbons (Fsp3) is 0.360. The Labute approximate surface area is 207 Å². The molecule has 0 bridgehead atoms. The van der Waals surface area contributed by atoms with Gasteiger partial charge in [0, 0.05) is 38.4 Å². The van der Waals surface area contributed by atoms with E-state index in [4.69, 9.17) is 18.6 Å². The van der Waals surface area contributed by atoms with Crippen LogP contribution >= 0.6 is 0 Å². The summed E-state index contributed by atoms with van der Waals surface area (Å²) in [5, 5.41) is 2.66. The topological polar surface area (TPSA) is 86.1 Å². The third kappa shape index (κ3) is 7.46. The Morgan fingerprint density at radius 1 is 1.06 bits per heavy atom. The van der Waals surface area contributed by atoms with Crippen LogP contribution in [0.1, 0.15) is 33.1 Å². The highest BCUT2D eigenvalue weighted by Gasteiger charge is 2.30. The fourth-order valence-electron chi connectivity index (χ4n) is 3.53. The summed E-state index contributed by atoms with van der Waals surface area (Å²) in [4.78, 5) is 18.3. The predicted molar refractivity (Wildman–Crippen MR) is 125 cm³/mol. The highest BCUT2D eigenvalue weighted by molar-refractivity contribution is 5.91. The Bertz CT molecular complexity index is 1150. The molecule has 0 spiro atoms. The van der Waals surface area contributed by atoms with E-state index in [1.165, 1.54) is 26.5 Å². The van der Waals surface area contributed by atoms with Crippen molar-refractivity contribution < 1.29 is 36.6 Å². The summed E-state index contributed by atoms with van der Waals surface area (Å²) >= 11 is 0. The second-order valence-corrected chi connectivity index (χ2v) is 7.90. The van der Waals surface area contributed by atoms with E-state index < -0.39 is 17.6 Å². The van der Waals surface area contributed by atoms with Gasteiger partial charge in [-0.1, -0.05) is 24.3 Å². The van der Waals surface area contributed by atoms with Gasteiger partial charge in [-0.15, -0.1) is 0 Å². The van der Waals surface area contributed by atoms with Gasteiger partial charge >= 0.3 is 6.18 Å². The van der Waals surface area contributed by atoms with Crippen LogP contribution in [0.4, 0.5) is 13.2 Å². The second-order valence-electron chi connectivity index (χ2n) is 7.90. The highest BCUT2D eigenvalue weighted by Crippen LogP contribution is 2.31. The number of hydrogen-bond donors (Lipinski definition) is 1. The zero-order valence-electron chi connectivity index (χ0n) is 20.2. The number of rotatable bonds is 12. The van der Waals surface area contributed by atoms with Gasteiger partial charge in [0.25, 0.3) is 5.91 Å². The summed E-state index contributed by atoms with van der Waals surface area (Å²) in [5.41, 5.74) is 0.617. The number of nitrogens with one attached hydrogen (secondary N) is 1. The Morgan fingerprint density at radius 3 is 2.56 bits per heavy atom. The minimum absolute atomic E-state index is 0.0992. The molecular formula is C25H28F3N3O5. The number of aromatic nitrogens is 1. The summed E-state index contributed by atoms with van der Waals surface area (Å²) < 4.78 is 60.9. The Hall–Kier alpha value is -3.57. The lowest BCUT2D eigenvalue weighted by molar-refractivity contribution is -0.137. The van der Waals surface area contributed by atoms with Crippen LogP contribution in [0, 0.1) is 0 Å². The van der Waals surface area contributed by atoms with Crippen LogP contribution in [-0.2, 0) is 30.5 Å². The van der Waals surface area contributed by atoms with E-state index >= 15 is 0 Å². The number of nitrogens with zero attached hydrogens (tertiary/aromatic N) is 2. The first kappa shape index (κ1) is 27.0. The van der Waals surface area contributed by atoms with Crippen molar-refractivity contribution in [3.8, 4) is 11.5 Å². The van der Waals surface area contributed by atoms with Crippen molar-refractivity contribution in [2.24, 2.45) is 0 Å². The smallest absolute Gasteiger partial charge is 0.416 e. The number of carbonyl (C=O) groups excluding carboxylic acids is 1. The molecule has 3 aromatic rings. The summed E-state index contributed by atoms with van der Waals surface area (Å²) in [7, 11) is 4.59. The van der Waals surface area contributed by atoms with Crippen molar-refractivity contribution in [3.63, 3.8) is 0 Å². The Morgan fingerprint density at radius 2 is 1.86 bits per heavy atom. The first-order valence-electron chi connectivity index (χ1n) is 11.0. The van der Waals surface area contributed by atoms with Gasteiger partial charge in [-0.25, -0.2) is 4.98 Å². The van der Waals surface area contributed by atoms with Gasteiger partial charge in [-0.2, -0.15) is 13.2 Å². The fourth-order valence-corrected chi connectivity index (χ4v) is 3.53. The van der Waals surface area contributed by atoms with Crippen molar-refractivity contribution in [2.45, 2.75) is 25.8 Å². The van der Waals surface area contributed by atoms with Crippen LogP contribution in [0.3, 0.4) is 0 Å². The molecule has 1 amide bonds. The van der Waals surface area contributed by atoms with E-state index in [9.17, 15) is 18.0 Å². The van der Waals surface area contributed by atoms with Crippen molar-refractivity contribution in [2.75, 3.05) is 34.5 Å². The van der Waals surface area contributed by atoms with E-state index in [0.717, 1.165) is 17.7 Å². The molecule has 2 aromatic carbocycles. The summed E-state index contributed by atoms with van der Waals surface area (Å²) in [6.45, 7) is 1.27. The lowest BCUT2D eigenvalue weighted by Gasteiger charge is -2.23. The molecule has 0 radical (unpaired) electrons. The molecule has 0 aliphatic rings. The zero-order valence-corrected chi connectivity index (χ0v) is 20.2. The van der Waals surface area contributed by atoms with Gasteiger partial charge in [0.2, 0.25) is 5.89 Å². The number of methoxy groups -OCH3 is 3. The van der Waals surface area contributed by atoms with Gasteiger partial charge in [-0.05, 0) is 17.7 Å². The van der Waals surface area contributed by atoms with Gasteiger partial charge in [0.15, 0.2) is 5.69 Å². The van der Waals surface area contributed by atoms with E-state index in [1.54, 1.807) is 25.3 Å². The van der Waals surface area contributed by atoms with Crippen LogP contribution in [0.15, 0.2) is 53.1 Å². The number of alkyl halides is 3. The molecule has 3 rings (SSSR count). The van der Waals surface area contributed by atoms with Crippen LogP contribution < -0.4 is 14.8 Å². The maximum absolute atomic E-state index is 13.2. The Balaban J connectivity index is 1.84. The molecule has 0 atom stereocenters. The SMILES string of the molecule is COCCNC(=O)c1coc(CN(Cc2cccc(C(F)(F)F)c2)Cc2ccc(OC)cc2OC)n1. The van der Waals surface area contributed by atoms with Gasteiger partial charge in [-0.3, -0.25) is 9.69 Å². The summed E-state index contributed by atoms with van der Waals surface area (Å²) in [6, 6.07) is 10.5. The monoisotopic (exact) mass is 507 g/mol. The van der Waals surface area contributed by atoms with E-state index in [-0.39, 0.29) is 24.7 Å². The molecular weight excluding hydrogens is 479 g/mol. The van der Waals surface area contributed by atoms with Crippen LogP contribution in [0.25, 0.3) is 0 Å². The van der Waals surface area contributed by atoms with E-state index in [0.29, 0.717) is 36.8 Å². The molecule has 0 unspecified atom stereocenters. The van der Waals surface area contributed by atoms with Gasteiger partial charge < -0.3 is 23.9 Å². The number of hydrogen-bond acceptors (Lipinski definition) is 7. The Kier molecular flexibility index (Phi) is 9.31. The van der Waals surface area contributed by atoms with Crippen LogP contribution in [0.2, 0.25) is 0 Å². The molecule has 0 saturated heterocycles. The molecule has 194 valence electrons. The average Bonchev–Trinajstić information content (AvgIpc) is 3.32. The number of ether oxygens (including phenoxy) is 3. The molecule has 1 aromatic heterocycles. The lowest BCUT2D eigenvalue weighted by atomic mass is 10.1. The van der Waals surface area contributed by atoms with Crippen molar-refractivity contribution in [1.29, 1.82) is 0 Å². The number of benzene rings is 2. The minimum atomic E-state index is -4.45. The predicted octanol–water partition coefficient (Wildman–Crippen LogP) is 4.29. The standard InChI is InChI=1S/C25H28F3N3O5/c1-33-10-9-29-24(32)21-16-36-23(30-21)15-31(13-17-5-4-6-19(11-17)25(26,27)28)14-18-7-8-20(34-2)12-22(18)35-3/h4-8,11-12,16H,9-10,13-15H2,1-3H3,(H,29,32). The van der Waals surface area contributed by atoms with Gasteiger partial charge in [0.1, 0.15) is 17.8 Å². The largest absolute Gasteiger partial charge is 0.497 e. The molecule has 0 aliphatic carbocycles. The molecule has 0 fully saturated rings. The molecule has 36 heavy (non-hydrogen) atoms. The van der Waals surface area contributed by atoms with Crippen molar-refractivity contribution >= 4 is 5.91 Å². The molecule has 1 N–H and O–H groups in total. The highest BCUT2D eigenvalue weighted by atomic mass is 19.4. The molecule has 8 nitrogen and oxygen atoms in total. The normalized spacial score (nSPS) is 11.5. The minimum Gasteiger partial charge on any atom is -0.497 e. The van der Waals surface area contributed by atoms with Crippen LogP contribution in [0.5, 0.6) is 11.5 Å². The molecule has 1 heterocycles. The average molecular weight is 508 g/mol. The first-order chi connectivity index (χ1) is 17.2. The molecule has 11 heteroatoms. The van der Waals surface area contributed by atoms with Crippen LogP contribution in [-0.4, -0.2) is 50.3 Å². The first-order valence-corrected chi connectivity index (χ1v) is 11.0. The molecule has 0 saturated carbocycles. The quantitative estimate of drug-likeness (QED) is 0.366. The van der Waals surface area contributed by atoms with E-state index in [1.807, 2.05) is 11.0 Å². The zero-order chi connectivity index (χ0) is 26.1. The number of halogens is 3. The maximum Gasteiger partial charge on any atom is 0.416 e. The lowest BCUT2D eigenvalue weighted by Crippen LogP contribution is -2.27. The van der Waals surface area contributed by atoms with Crippen molar-refractivity contribution in [1.82, 2.24) is 15.2 Å². The summed E-state index contributed by atoms with van der Waals surface area (Å²) in [6.07, 6.45) is -3.21. The summed E-state index contributed by atoms with van der Waals surface area (Å²) in [5.74, 6) is 1.00. The maximum atomic E-state index is 13.2. The van der Waals surface area contributed by atoms with E-state index in [2.05, 4.69) is 10.3 Å². The number of amides is 1.